The molecule has 0 bridgehead atoms. The second kappa shape index (κ2) is 5.21. The molecular formula is C14H19NO3. The highest BCUT2D eigenvalue weighted by molar-refractivity contribution is 5.94. The van der Waals surface area contributed by atoms with Crippen LogP contribution in [0.15, 0.2) is 24.3 Å². The standard InChI is InChI=1S/C14H19NO3/c1-9(12(16)17)10-6-5-7-11(8-10)15-13(18)14(2,3)4/h5-9H,1-4H3,(H,15,18)(H,16,17). The summed E-state index contributed by atoms with van der Waals surface area (Å²) in [6.07, 6.45) is 0. The van der Waals surface area contributed by atoms with Crippen LogP contribution < -0.4 is 5.32 Å². The Hall–Kier alpha value is -1.84. The van der Waals surface area contributed by atoms with Gasteiger partial charge in [-0.2, -0.15) is 0 Å². The molecule has 18 heavy (non-hydrogen) atoms. The summed E-state index contributed by atoms with van der Waals surface area (Å²) >= 11 is 0. The first-order valence-electron chi connectivity index (χ1n) is 5.86. The van der Waals surface area contributed by atoms with E-state index in [-0.39, 0.29) is 5.91 Å². The van der Waals surface area contributed by atoms with Crippen molar-refractivity contribution in [2.24, 2.45) is 5.41 Å². The molecule has 0 radical (unpaired) electrons. The number of carboxylic acid groups (broad SMARTS) is 1. The van der Waals surface area contributed by atoms with Crippen LogP contribution in [0.1, 0.15) is 39.2 Å². The Labute approximate surface area is 107 Å². The van der Waals surface area contributed by atoms with Crippen LogP contribution in [0.3, 0.4) is 0 Å². The molecule has 0 aromatic heterocycles. The molecule has 1 unspecified atom stereocenters. The Balaban J connectivity index is 2.90. The molecular weight excluding hydrogens is 230 g/mol. The summed E-state index contributed by atoms with van der Waals surface area (Å²) in [6.45, 7) is 7.09. The minimum atomic E-state index is -0.880. The number of benzene rings is 1. The first kappa shape index (κ1) is 14.2. The van der Waals surface area contributed by atoms with Gasteiger partial charge < -0.3 is 10.4 Å². The molecule has 98 valence electrons. The van der Waals surface area contributed by atoms with Crippen LogP contribution in [-0.2, 0) is 9.59 Å². The Morgan fingerprint density at radius 2 is 1.89 bits per heavy atom. The fourth-order valence-corrected chi connectivity index (χ4v) is 1.35. The molecule has 0 aliphatic rings. The number of hydrogen-bond donors (Lipinski definition) is 2. The third-order valence-electron chi connectivity index (χ3n) is 2.70. The average molecular weight is 249 g/mol. The van der Waals surface area contributed by atoms with Crippen LogP contribution >= 0.6 is 0 Å². The number of anilines is 1. The lowest BCUT2D eigenvalue weighted by atomic mass is 9.95. The largest absolute Gasteiger partial charge is 0.481 e. The molecule has 1 aromatic carbocycles. The molecule has 1 rings (SSSR count). The topological polar surface area (TPSA) is 66.4 Å². The van der Waals surface area contributed by atoms with Crippen molar-refractivity contribution in [3.8, 4) is 0 Å². The Bertz CT molecular complexity index is 460. The molecule has 1 amide bonds. The first-order valence-corrected chi connectivity index (χ1v) is 5.86. The zero-order valence-corrected chi connectivity index (χ0v) is 11.2. The molecule has 2 N–H and O–H groups in total. The molecule has 0 saturated carbocycles. The minimum Gasteiger partial charge on any atom is -0.481 e. The highest BCUT2D eigenvalue weighted by Gasteiger charge is 2.21. The highest BCUT2D eigenvalue weighted by Crippen LogP contribution is 2.22. The van der Waals surface area contributed by atoms with E-state index in [4.69, 9.17) is 5.11 Å². The van der Waals surface area contributed by atoms with E-state index in [1.165, 1.54) is 0 Å². The number of aliphatic carboxylic acids is 1. The van der Waals surface area contributed by atoms with E-state index in [0.29, 0.717) is 11.3 Å². The first-order chi connectivity index (χ1) is 8.21. The fourth-order valence-electron chi connectivity index (χ4n) is 1.35. The van der Waals surface area contributed by atoms with E-state index in [1.54, 1.807) is 31.2 Å². The average Bonchev–Trinajstić information content (AvgIpc) is 2.27. The van der Waals surface area contributed by atoms with Crippen molar-refractivity contribution in [1.82, 2.24) is 0 Å². The summed E-state index contributed by atoms with van der Waals surface area (Å²) in [4.78, 5) is 22.7. The highest BCUT2D eigenvalue weighted by atomic mass is 16.4. The van der Waals surface area contributed by atoms with Crippen LogP contribution in [0.5, 0.6) is 0 Å². The van der Waals surface area contributed by atoms with Crippen molar-refractivity contribution in [2.75, 3.05) is 5.32 Å². The van der Waals surface area contributed by atoms with E-state index in [1.807, 2.05) is 20.8 Å². The van der Waals surface area contributed by atoms with E-state index in [2.05, 4.69) is 5.32 Å². The summed E-state index contributed by atoms with van der Waals surface area (Å²) < 4.78 is 0. The van der Waals surface area contributed by atoms with Gasteiger partial charge in [-0.05, 0) is 24.6 Å². The van der Waals surface area contributed by atoms with Crippen LogP contribution in [-0.4, -0.2) is 17.0 Å². The van der Waals surface area contributed by atoms with Gasteiger partial charge in [0, 0.05) is 11.1 Å². The van der Waals surface area contributed by atoms with E-state index in [0.717, 1.165) is 0 Å². The third kappa shape index (κ3) is 3.58. The molecule has 1 atom stereocenters. The number of hydrogen-bond acceptors (Lipinski definition) is 2. The van der Waals surface area contributed by atoms with Gasteiger partial charge in [0.25, 0.3) is 0 Å². The van der Waals surface area contributed by atoms with Crippen molar-refractivity contribution >= 4 is 17.6 Å². The van der Waals surface area contributed by atoms with Gasteiger partial charge in [-0.15, -0.1) is 0 Å². The second-order valence-corrected chi connectivity index (χ2v) is 5.39. The lowest BCUT2D eigenvalue weighted by Crippen LogP contribution is -2.27. The number of amides is 1. The zero-order chi connectivity index (χ0) is 13.9. The maximum Gasteiger partial charge on any atom is 0.310 e. The van der Waals surface area contributed by atoms with Crippen molar-refractivity contribution in [3.05, 3.63) is 29.8 Å². The quantitative estimate of drug-likeness (QED) is 0.865. The van der Waals surface area contributed by atoms with Gasteiger partial charge in [-0.1, -0.05) is 32.9 Å². The van der Waals surface area contributed by atoms with Gasteiger partial charge in [0.1, 0.15) is 0 Å². The summed E-state index contributed by atoms with van der Waals surface area (Å²) in [5.41, 5.74) is 0.823. The van der Waals surface area contributed by atoms with Crippen LogP contribution in [0, 0.1) is 5.41 Å². The SMILES string of the molecule is CC(C(=O)O)c1cccc(NC(=O)C(C)(C)C)c1. The molecule has 0 spiro atoms. The Morgan fingerprint density at radius 3 is 2.39 bits per heavy atom. The number of rotatable bonds is 3. The lowest BCUT2D eigenvalue weighted by Gasteiger charge is -2.18. The van der Waals surface area contributed by atoms with Crippen molar-refractivity contribution < 1.29 is 14.7 Å². The fraction of sp³-hybridized carbons (Fsp3) is 0.429. The number of carboxylic acids is 1. The van der Waals surface area contributed by atoms with E-state index in [9.17, 15) is 9.59 Å². The smallest absolute Gasteiger partial charge is 0.310 e. The summed E-state index contributed by atoms with van der Waals surface area (Å²) in [5, 5.41) is 11.7. The third-order valence-corrected chi connectivity index (χ3v) is 2.70. The van der Waals surface area contributed by atoms with Crippen LogP contribution in [0.2, 0.25) is 0 Å². The maximum absolute atomic E-state index is 11.8. The monoisotopic (exact) mass is 249 g/mol. The molecule has 4 nitrogen and oxygen atoms in total. The maximum atomic E-state index is 11.8. The van der Waals surface area contributed by atoms with Crippen LogP contribution in [0.4, 0.5) is 5.69 Å². The molecule has 1 aromatic rings. The molecule has 0 aliphatic heterocycles. The number of nitrogens with one attached hydrogen (secondary N) is 1. The van der Waals surface area contributed by atoms with Crippen LogP contribution in [0.25, 0.3) is 0 Å². The predicted molar refractivity (Wildman–Crippen MR) is 70.6 cm³/mol. The number of carbonyl (C=O) groups is 2. The van der Waals surface area contributed by atoms with Gasteiger partial charge in [-0.3, -0.25) is 9.59 Å². The molecule has 0 fully saturated rings. The summed E-state index contributed by atoms with van der Waals surface area (Å²) in [5.74, 6) is -1.56. The van der Waals surface area contributed by atoms with Gasteiger partial charge in [0.2, 0.25) is 5.91 Å². The summed E-state index contributed by atoms with van der Waals surface area (Å²) in [7, 11) is 0. The zero-order valence-electron chi connectivity index (χ0n) is 11.2. The second-order valence-electron chi connectivity index (χ2n) is 5.39. The molecule has 0 saturated heterocycles. The van der Waals surface area contributed by atoms with E-state index >= 15 is 0 Å². The van der Waals surface area contributed by atoms with Gasteiger partial charge in [-0.25, -0.2) is 0 Å². The Morgan fingerprint density at radius 1 is 1.28 bits per heavy atom. The van der Waals surface area contributed by atoms with E-state index < -0.39 is 17.3 Å². The van der Waals surface area contributed by atoms with Gasteiger partial charge >= 0.3 is 5.97 Å². The van der Waals surface area contributed by atoms with Crippen molar-refractivity contribution in [2.45, 2.75) is 33.6 Å². The summed E-state index contributed by atoms with van der Waals surface area (Å²) in [6, 6.07) is 6.93. The van der Waals surface area contributed by atoms with Crippen molar-refractivity contribution in [1.29, 1.82) is 0 Å². The lowest BCUT2D eigenvalue weighted by molar-refractivity contribution is -0.138. The molecule has 0 aliphatic carbocycles. The van der Waals surface area contributed by atoms with Gasteiger partial charge in [0.05, 0.1) is 5.92 Å². The van der Waals surface area contributed by atoms with Gasteiger partial charge in [0.15, 0.2) is 0 Å². The normalized spacial score (nSPS) is 12.9. The number of carbonyl (C=O) groups excluding carboxylic acids is 1. The molecule has 4 heteroatoms. The Kier molecular flexibility index (Phi) is 4.11. The predicted octanol–water partition coefficient (Wildman–Crippen LogP) is 2.86. The minimum absolute atomic E-state index is 0.0948. The molecule has 0 heterocycles. The van der Waals surface area contributed by atoms with Crippen molar-refractivity contribution in [3.63, 3.8) is 0 Å².